The maximum atomic E-state index is 15.7. The lowest BCUT2D eigenvalue weighted by Crippen LogP contribution is -2.63. The van der Waals surface area contributed by atoms with Crippen LogP contribution in [0.3, 0.4) is 0 Å². The van der Waals surface area contributed by atoms with Crippen molar-refractivity contribution in [3.63, 3.8) is 0 Å². The number of aliphatic hydroxyl groups excluding tert-OH is 2. The molecule has 0 spiro atoms. The fraction of sp³-hybridized carbons (Fsp3) is 0.458. The quantitative estimate of drug-likeness (QED) is 0.321. The number of hydrogen-bond donors (Lipinski definition) is 6. The first-order chi connectivity index (χ1) is 16.4. The number of carbonyl (C=O) groups is 3. The number of amides is 1. The van der Waals surface area contributed by atoms with Crippen LogP contribution >= 0.6 is 0 Å². The maximum Gasteiger partial charge on any atom is 0.255 e. The van der Waals surface area contributed by atoms with Crippen LogP contribution in [0.4, 0.5) is 4.39 Å². The van der Waals surface area contributed by atoms with Gasteiger partial charge in [-0.05, 0) is 51.3 Å². The number of allylic oxidation sites excluding steroid dienone is 1. The average molecular weight is 487 g/mol. The van der Waals surface area contributed by atoms with Crippen LogP contribution in [0.1, 0.15) is 46.8 Å². The molecule has 0 bridgehead atoms. The van der Waals surface area contributed by atoms with Gasteiger partial charge >= 0.3 is 0 Å². The van der Waals surface area contributed by atoms with Gasteiger partial charge in [0.25, 0.3) is 5.91 Å². The molecule has 1 aromatic carbocycles. The number of rotatable bonds is 2. The predicted octanol–water partition coefficient (Wildman–Crippen LogP) is 0.424. The molecule has 0 aromatic heterocycles. The molecule has 5 atom stereocenters. The van der Waals surface area contributed by atoms with Gasteiger partial charge in [0.05, 0.1) is 11.6 Å². The number of nitrogens with two attached hydrogens (primary N) is 2. The van der Waals surface area contributed by atoms with E-state index in [9.17, 15) is 34.8 Å². The van der Waals surface area contributed by atoms with Gasteiger partial charge in [-0.3, -0.25) is 19.3 Å². The Balaban J connectivity index is 1.67. The number of ketones is 2. The fourth-order valence-electron chi connectivity index (χ4n) is 6.33. The van der Waals surface area contributed by atoms with Crippen LogP contribution in [-0.4, -0.2) is 68.0 Å². The zero-order chi connectivity index (χ0) is 25.6. The van der Waals surface area contributed by atoms with Gasteiger partial charge in [-0.1, -0.05) is 0 Å². The standard InChI is InChI=1S/C24H26FN3O7/c1-28-4-2-3-12(28)9-7-13(29)15-10(17(9)25)5-8-6-11-18(26)20(31)16(23(27)34)22(33)24(11,35)21(32)14(8)19(15)30/h7-8,11-12,18,29,31-32,35H,2-6,26H2,1H3,(H2,27,34)/t8-,11-,12?,18-,24-/m0/s1. The van der Waals surface area contributed by atoms with Gasteiger partial charge in [0, 0.05) is 28.7 Å². The molecule has 0 saturated carbocycles. The monoisotopic (exact) mass is 487 g/mol. The number of halogens is 1. The van der Waals surface area contributed by atoms with Crippen molar-refractivity contribution in [2.75, 3.05) is 13.6 Å². The van der Waals surface area contributed by atoms with Crippen molar-refractivity contribution in [2.24, 2.45) is 23.3 Å². The Morgan fingerprint density at radius 2 is 1.94 bits per heavy atom. The number of phenolic OH excluding ortho intramolecular Hbond substituents is 1. The second-order valence-electron chi connectivity index (χ2n) is 9.87. The van der Waals surface area contributed by atoms with Crippen molar-refractivity contribution in [3.05, 3.63) is 51.2 Å². The molecule has 11 heteroatoms. The first-order valence-corrected chi connectivity index (χ1v) is 11.4. The summed E-state index contributed by atoms with van der Waals surface area (Å²) in [5.41, 5.74) is 7.04. The lowest BCUT2D eigenvalue weighted by molar-refractivity contribution is -0.145. The first-order valence-electron chi connectivity index (χ1n) is 11.4. The van der Waals surface area contributed by atoms with E-state index in [1.165, 1.54) is 6.07 Å². The van der Waals surface area contributed by atoms with Crippen molar-refractivity contribution < 1.29 is 39.2 Å². The number of fused-ring (bicyclic) bond motifs is 3. The van der Waals surface area contributed by atoms with Gasteiger partial charge in [-0.25, -0.2) is 4.39 Å². The number of phenols is 1. The van der Waals surface area contributed by atoms with Crippen molar-refractivity contribution >= 4 is 17.5 Å². The Hall–Kier alpha value is -3.28. The Labute approximate surface area is 199 Å². The van der Waals surface area contributed by atoms with Gasteiger partial charge in [-0.2, -0.15) is 0 Å². The molecule has 1 aromatic rings. The molecular formula is C24H26FN3O7. The predicted molar refractivity (Wildman–Crippen MR) is 119 cm³/mol. The van der Waals surface area contributed by atoms with Gasteiger partial charge < -0.3 is 31.9 Å². The molecule has 1 aliphatic heterocycles. The second kappa shape index (κ2) is 7.61. The largest absolute Gasteiger partial charge is 0.510 e. The van der Waals surface area contributed by atoms with E-state index in [0.29, 0.717) is 6.42 Å². The van der Waals surface area contributed by atoms with Crippen molar-refractivity contribution in [2.45, 2.75) is 43.4 Å². The summed E-state index contributed by atoms with van der Waals surface area (Å²) in [5, 5.41) is 43.4. The highest BCUT2D eigenvalue weighted by Crippen LogP contribution is 2.52. The van der Waals surface area contributed by atoms with E-state index in [2.05, 4.69) is 0 Å². The zero-order valence-electron chi connectivity index (χ0n) is 18.9. The fourth-order valence-corrected chi connectivity index (χ4v) is 6.33. The topological polar surface area (TPSA) is 187 Å². The number of carbonyl (C=O) groups excluding carboxylic acids is 3. The van der Waals surface area contributed by atoms with Crippen LogP contribution in [-0.2, 0) is 16.0 Å². The number of likely N-dealkylation sites (tertiary alicyclic amines) is 1. The normalized spacial score (nSPS) is 33.0. The summed E-state index contributed by atoms with van der Waals surface area (Å²) in [6, 6.07) is -0.497. The molecule has 35 heavy (non-hydrogen) atoms. The van der Waals surface area contributed by atoms with Crippen LogP contribution in [0.2, 0.25) is 0 Å². The molecule has 1 saturated heterocycles. The highest BCUT2D eigenvalue weighted by molar-refractivity contribution is 6.24. The lowest BCUT2D eigenvalue weighted by Gasteiger charge is -2.47. The van der Waals surface area contributed by atoms with Crippen LogP contribution < -0.4 is 11.5 Å². The van der Waals surface area contributed by atoms with Crippen molar-refractivity contribution in [3.8, 4) is 5.75 Å². The number of aromatic hydroxyl groups is 1. The molecule has 0 radical (unpaired) electrons. The Morgan fingerprint density at radius 3 is 2.54 bits per heavy atom. The smallest absolute Gasteiger partial charge is 0.255 e. The number of nitrogens with zero attached hydrogens (tertiary/aromatic N) is 1. The van der Waals surface area contributed by atoms with E-state index in [1.807, 2.05) is 11.9 Å². The zero-order valence-corrected chi connectivity index (χ0v) is 18.9. The number of hydrogen-bond acceptors (Lipinski definition) is 9. The summed E-state index contributed by atoms with van der Waals surface area (Å²) in [5.74, 6) is -8.72. The minimum absolute atomic E-state index is 0.00872. The van der Waals surface area contributed by atoms with Crippen LogP contribution in [0.15, 0.2) is 28.7 Å². The molecule has 3 aliphatic carbocycles. The summed E-state index contributed by atoms with van der Waals surface area (Å²) < 4.78 is 15.7. The third-order valence-corrected chi connectivity index (χ3v) is 8.09. The molecule has 186 valence electrons. The van der Waals surface area contributed by atoms with E-state index in [-0.39, 0.29) is 41.1 Å². The van der Waals surface area contributed by atoms with Gasteiger partial charge in [0.15, 0.2) is 11.4 Å². The van der Waals surface area contributed by atoms with Gasteiger partial charge in [0.1, 0.15) is 28.7 Å². The van der Waals surface area contributed by atoms with Crippen molar-refractivity contribution in [1.82, 2.24) is 4.90 Å². The minimum atomic E-state index is -2.78. The number of primary amides is 1. The molecule has 10 nitrogen and oxygen atoms in total. The highest BCUT2D eigenvalue weighted by Gasteiger charge is 2.62. The van der Waals surface area contributed by atoms with Crippen LogP contribution in [0.5, 0.6) is 5.75 Å². The van der Waals surface area contributed by atoms with Crippen LogP contribution in [0.25, 0.3) is 0 Å². The van der Waals surface area contributed by atoms with Crippen molar-refractivity contribution in [1.29, 1.82) is 0 Å². The molecule has 1 fully saturated rings. The summed E-state index contributed by atoms with van der Waals surface area (Å²) in [7, 11) is 1.85. The van der Waals surface area contributed by atoms with E-state index >= 15 is 4.39 Å². The summed E-state index contributed by atoms with van der Waals surface area (Å²) in [6.45, 7) is 0.765. The third kappa shape index (κ3) is 2.95. The minimum Gasteiger partial charge on any atom is -0.510 e. The number of benzene rings is 1. The van der Waals surface area contributed by atoms with E-state index in [1.54, 1.807) is 0 Å². The van der Waals surface area contributed by atoms with E-state index < -0.39 is 69.6 Å². The SMILES string of the molecule is CN1CCCC1c1cc(O)c2c(c1F)C[C@H]1C[C@H]3[C@H](N)C(O)=C(C(N)=O)C(=O)[C@@]3(O)C(O)=C1C2=O. The molecule has 5 rings (SSSR count). The Morgan fingerprint density at radius 1 is 1.26 bits per heavy atom. The molecular weight excluding hydrogens is 461 g/mol. The molecule has 1 heterocycles. The summed E-state index contributed by atoms with van der Waals surface area (Å²) in [6.07, 6.45) is 1.27. The Kier molecular flexibility index (Phi) is 5.10. The lowest BCUT2D eigenvalue weighted by atomic mass is 9.59. The second-order valence-corrected chi connectivity index (χ2v) is 9.87. The average Bonchev–Trinajstić information content (AvgIpc) is 3.22. The van der Waals surface area contributed by atoms with Gasteiger partial charge in [-0.15, -0.1) is 0 Å². The van der Waals surface area contributed by atoms with Gasteiger partial charge in [0.2, 0.25) is 5.78 Å². The molecule has 8 N–H and O–H groups in total. The summed E-state index contributed by atoms with van der Waals surface area (Å²) >= 11 is 0. The molecule has 1 unspecified atom stereocenters. The third-order valence-electron chi connectivity index (χ3n) is 8.09. The molecule has 4 aliphatic rings. The van der Waals surface area contributed by atoms with E-state index in [4.69, 9.17) is 11.5 Å². The van der Waals surface area contributed by atoms with Crippen LogP contribution in [0, 0.1) is 17.7 Å². The first kappa shape index (κ1) is 23.5. The Bertz CT molecular complexity index is 1270. The number of aliphatic hydroxyl groups is 3. The number of Topliss-reactive ketones (excluding diaryl/α,β-unsaturated/α-hetero) is 2. The summed E-state index contributed by atoms with van der Waals surface area (Å²) in [4.78, 5) is 40.2. The molecule has 1 amide bonds. The van der Waals surface area contributed by atoms with E-state index in [0.717, 1.165) is 13.0 Å². The highest BCUT2D eigenvalue weighted by atomic mass is 19.1. The maximum absolute atomic E-state index is 15.7.